The molecule has 1 spiro atoms. The predicted molar refractivity (Wildman–Crippen MR) is 42.6 cm³/mol. The molecule has 0 amide bonds. The normalized spacial score (nSPS) is 48.2. The summed E-state index contributed by atoms with van der Waals surface area (Å²) < 4.78 is 11.0. The van der Waals surface area contributed by atoms with Crippen LogP contribution in [0.4, 0.5) is 0 Å². The maximum absolute atomic E-state index is 5.62. The molecule has 3 aliphatic heterocycles. The summed E-state index contributed by atoms with van der Waals surface area (Å²) in [4.78, 5) is 4.72. The number of hydrogen-bond donors (Lipinski definition) is 0. The standard InChI is InChI=1S/C8H14N2O2/c1-9-2-3-10-7(4-9)5-11-8(10)6-12-8/h7H,2-6H2,1H3. The zero-order valence-corrected chi connectivity index (χ0v) is 7.32. The van der Waals surface area contributed by atoms with Gasteiger partial charge in [0.05, 0.1) is 12.6 Å². The molecule has 0 aromatic heterocycles. The van der Waals surface area contributed by atoms with Crippen molar-refractivity contribution in [1.82, 2.24) is 9.80 Å². The first-order valence-electron chi connectivity index (χ1n) is 4.53. The van der Waals surface area contributed by atoms with Gasteiger partial charge >= 0.3 is 0 Å². The molecule has 4 heteroatoms. The average molecular weight is 170 g/mol. The lowest BCUT2D eigenvalue weighted by molar-refractivity contribution is -0.0871. The van der Waals surface area contributed by atoms with Gasteiger partial charge in [-0.3, -0.25) is 0 Å². The third-order valence-corrected chi connectivity index (χ3v) is 3.02. The van der Waals surface area contributed by atoms with Gasteiger partial charge in [0.15, 0.2) is 0 Å². The molecule has 3 saturated heterocycles. The molecule has 3 fully saturated rings. The number of fused-ring (bicyclic) bond motifs is 2. The van der Waals surface area contributed by atoms with Crippen molar-refractivity contribution in [2.45, 2.75) is 12.0 Å². The fourth-order valence-electron chi connectivity index (χ4n) is 2.22. The topological polar surface area (TPSA) is 28.2 Å². The van der Waals surface area contributed by atoms with E-state index in [9.17, 15) is 0 Å². The van der Waals surface area contributed by atoms with Gasteiger partial charge in [-0.2, -0.15) is 0 Å². The van der Waals surface area contributed by atoms with Crippen molar-refractivity contribution in [1.29, 1.82) is 0 Å². The van der Waals surface area contributed by atoms with Crippen molar-refractivity contribution in [3.63, 3.8) is 0 Å². The molecule has 0 radical (unpaired) electrons. The fourth-order valence-corrected chi connectivity index (χ4v) is 2.22. The number of rotatable bonds is 0. The molecule has 0 aromatic rings. The summed E-state index contributed by atoms with van der Waals surface area (Å²) in [7, 11) is 2.16. The molecule has 12 heavy (non-hydrogen) atoms. The van der Waals surface area contributed by atoms with Crippen molar-refractivity contribution in [3.05, 3.63) is 0 Å². The van der Waals surface area contributed by atoms with Gasteiger partial charge in [-0.05, 0) is 7.05 Å². The van der Waals surface area contributed by atoms with Gasteiger partial charge in [0.1, 0.15) is 6.61 Å². The van der Waals surface area contributed by atoms with Gasteiger partial charge < -0.3 is 14.4 Å². The monoisotopic (exact) mass is 170 g/mol. The third-order valence-electron chi connectivity index (χ3n) is 3.02. The van der Waals surface area contributed by atoms with Gasteiger partial charge in [0, 0.05) is 19.6 Å². The number of ether oxygens (including phenoxy) is 2. The van der Waals surface area contributed by atoms with E-state index in [0.717, 1.165) is 32.8 Å². The second-order valence-electron chi connectivity index (χ2n) is 3.92. The summed E-state index contributed by atoms with van der Waals surface area (Å²) in [6, 6.07) is 0.561. The molecule has 0 aromatic carbocycles. The molecular weight excluding hydrogens is 156 g/mol. The van der Waals surface area contributed by atoms with E-state index in [-0.39, 0.29) is 5.91 Å². The smallest absolute Gasteiger partial charge is 0.255 e. The Bertz CT molecular complexity index is 205. The predicted octanol–water partition coefficient (Wildman–Crippen LogP) is -0.683. The van der Waals surface area contributed by atoms with Gasteiger partial charge in [0.2, 0.25) is 0 Å². The third kappa shape index (κ3) is 0.864. The molecule has 0 N–H and O–H groups in total. The van der Waals surface area contributed by atoms with Crippen LogP contribution in [-0.4, -0.2) is 61.6 Å². The zero-order chi connectivity index (χ0) is 8.18. The van der Waals surface area contributed by atoms with Gasteiger partial charge in [-0.1, -0.05) is 0 Å². The van der Waals surface area contributed by atoms with Crippen LogP contribution in [0.15, 0.2) is 0 Å². The van der Waals surface area contributed by atoms with E-state index in [1.54, 1.807) is 0 Å². The van der Waals surface area contributed by atoms with E-state index in [2.05, 4.69) is 16.8 Å². The first kappa shape index (κ1) is 7.26. The summed E-state index contributed by atoms with van der Waals surface area (Å²) >= 11 is 0. The van der Waals surface area contributed by atoms with Crippen molar-refractivity contribution in [2.24, 2.45) is 0 Å². The Balaban J connectivity index is 1.78. The Morgan fingerprint density at radius 2 is 2.17 bits per heavy atom. The molecule has 0 aliphatic carbocycles. The highest BCUT2D eigenvalue weighted by Crippen LogP contribution is 2.40. The lowest BCUT2D eigenvalue weighted by Crippen LogP contribution is -2.53. The average Bonchev–Trinajstić information content (AvgIpc) is 2.73. The van der Waals surface area contributed by atoms with Crippen LogP contribution in [0.25, 0.3) is 0 Å². The first-order chi connectivity index (χ1) is 5.80. The number of nitrogens with zero attached hydrogens (tertiary/aromatic N) is 2. The minimum Gasteiger partial charge on any atom is -0.334 e. The van der Waals surface area contributed by atoms with Crippen LogP contribution in [0.3, 0.4) is 0 Å². The van der Waals surface area contributed by atoms with Crippen molar-refractivity contribution in [2.75, 3.05) is 39.9 Å². The van der Waals surface area contributed by atoms with Gasteiger partial charge in [0.25, 0.3) is 5.91 Å². The summed E-state index contributed by atoms with van der Waals surface area (Å²) in [6.07, 6.45) is 0. The first-order valence-corrected chi connectivity index (χ1v) is 4.53. The number of epoxide rings is 1. The summed E-state index contributed by atoms with van der Waals surface area (Å²) in [5, 5.41) is 0. The second-order valence-corrected chi connectivity index (χ2v) is 3.92. The number of likely N-dealkylation sites (N-methyl/N-ethyl adjacent to an activating group) is 1. The van der Waals surface area contributed by atoms with E-state index < -0.39 is 0 Å². The van der Waals surface area contributed by atoms with E-state index in [1.807, 2.05) is 0 Å². The number of hydrogen-bond acceptors (Lipinski definition) is 4. The Hall–Kier alpha value is -0.160. The zero-order valence-electron chi connectivity index (χ0n) is 7.32. The van der Waals surface area contributed by atoms with Crippen LogP contribution in [0.2, 0.25) is 0 Å². The lowest BCUT2D eigenvalue weighted by Gasteiger charge is -2.35. The Morgan fingerprint density at radius 1 is 1.33 bits per heavy atom. The van der Waals surface area contributed by atoms with Crippen LogP contribution in [0, 0.1) is 0 Å². The van der Waals surface area contributed by atoms with Crippen molar-refractivity contribution >= 4 is 0 Å². The summed E-state index contributed by atoms with van der Waals surface area (Å²) in [5.41, 5.74) is 0. The molecular formula is C8H14N2O2. The number of piperazine rings is 1. The fraction of sp³-hybridized carbons (Fsp3) is 1.00. The molecule has 2 atom stereocenters. The van der Waals surface area contributed by atoms with Crippen LogP contribution in [0.5, 0.6) is 0 Å². The molecule has 68 valence electrons. The molecule has 3 rings (SSSR count). The summed E-state index contributed by atoms with van der Waals surface area (Å²) in [5.74, 6) is -0.272. The van der Waals surface area contributed by atoms with Crippen LogP contribution in [-0.2, 0) is 9.47 Å². The van der Waals surface area contributed by atoms with E-state index in [1.165, 1.54) is 0 Å². The molecule has 3 heterocycles. The largest absolute Gasteiger partial charge is 0.334 e. The van der Waals surface area contributed by atoms with Gasteiger partial charge in [-0.25, -0.2) is 4.90 Å². The molecule has 0 saturated carbocycles. The van der Waals surface area contributed by atoms with Crippen LogP contribution in [0.1, 0.15) is 0 Å². The molecule has 2 unspecified atom stereocenters. The van der Waals surface area contributed by atoms with E-state index in [4.69, 9.17) is 9.47 Å². The van der Waals surface area contributed by atoms with Gasteiger partial charge in [-0.15, -0.1) is 0 Å². The molecule has 3 aliphatic rings. The second kappa shape index (κ2) is 2.20. The highest BCUT2D eigenvalue weighted by Gasteiger charge is 2.59. The van der Waals surface area contributed by atoms with Crippen LogP contribution < -0.4 is 0 Å². The van der Waals surface area contributed by atoms with E-state index in [0.29, 0.717) is 6.04 Å². The molecule has 4 nitrogen and oxygen atoms in total. The van der Waals surface area contributed by atoms with Crippen molar-refractivity contribution < 1.29 is 9.47 Å². The quantitative estimate of drug-likeness (QED) is 0.450. The van der Waals surface area contributed by atoms with Crippen molar-refractivity contribution in [3.8, 4) is 0 Å². The van der Waals surface area contributed by atoms with E-state index >= 15 is 0 Å². The summed E-state index contributed by atoms with van der Waals surface area (Å²) in [6.45, 7) is 4.94. The lowest BCUT2D eigenvalue weighted by atomic mass is 10.2. The molecule has 0 bridgehead atoms. The minimum atomic E-state index is -0.272. The highest BCUT2D eigenvalue weighted by atomic mass is 16.8. The Labute approximate surface area is 72.0 Å². The highest BCUT2D eigenvalue weighted by molar-refractivity contribution is 4.96. The van der Waals surface area contributed by atoms with Crippen LogP contribution >= 0.6 is 0 Å². The Kier molecular flexibility index (Phi) is 1.33. The minimum absolute atomic E-state index is 0.272. The maximum atomic E-state index is 5.62. The maximum Gasteiger partial charge on any atom is 0.255 e. The SMILES string of the molecule is CN1CCN2C(COC23CO3)C1. The Morgan fingerprint density at radius 3 is 2.92 bits per heavy atom.